The van der Waals surface area contributed by atoms with Gasteiger partial charge < -0.3 is 9.97 Å². The van der Waals surface area contributed by atoms with Crippen LogP contribution in [0.3, 0.4) is 0 Å². The number of aromatic amines is 2. The number of nitrogens with one attached hydrogen (secondary N) is 2. The number of imidazole rings is 1. The van der Waals surface area contributed by atoms with E-state index in [4.69, 9.17) is 0 Å². The summed E-state index contributed by atoms with van der Waals surface area (Å²) < 4.78 is 13.2. The second-order valence-corrected chi connectivity index (χ2v) is 6.48. The van der Waals surface area contributed by atoms with E-state index in [0.29, 0.717) is 0 Å². The lowest BCUT2D eigenvalue weighted by Gasteiger charge is -2.21. The summed E-state index contributed by atoms with van der Waals surface area (Å²) in [5.41, 5.74) is 3.57. The summed E-state index contributed by atoms with van der Waals surface area (Å²) in [6.45, 7) is 2.37. The molecule has 0 atom stereocenters. The van der Waals surface area contributed by atoms with Gasteiger partial charge in [0.1, 0.15) is 11.6 Å². The first-order chi connectivity index (χ1) is 12.8. The molecule has 27 heavy (non-hydrogen) atoms. The van der Waals surface area contributed by atoms with Crippen LogP contribution in [0.1, 0.15) is 17.0 Å². The standard InChI is InChI=1S/C21H21FN4.ClH/c22-18-7-5-16(6-8-18)14-26(15-21-23-10-11-24-21)12-9-17-13-25-20-4-2-1-3-19(17)20;/h1-8,10-11,13,25H,9,12,14-15H2,(H,23,24);1H. The zero-order valence-electron chi connectivity index (χ0n) is 14.9. The fourth-order valence-corrected chi connectivity index (χ4v) is 3.28. The number of rotatable bonds is 7. The highest BCUT2D eigenvalue weighted by molar-refractivity contribution is 5.85. The summed E-state index contributed by atoms with van der Waals surface area (Å²) in [7, 11) is 0. The van der Waals surface area contributed by atoms with Crippen molar-refractivity contribution in [2.75, 3.05) is 6.54 Å². The van der Waals surface area contributed by atoms with Gasteiger partial charge in [-0.15, -0.1) is 12.4 Å². The molecule has 140 valence electrons. The smallest absolute Gasteiger partial charge is 0.123 e. The molecule has 0 bridgehead atoms. The molecule has 4 nitrogen and oxygen atoms in total. The van der Waals surface area contributed by atoms with Gasteiger partial charge in [0.05, 0.1) is 6.54 Å². The molecule has 0 fully saturated rings. The van der Waals surface area contributed by atoms with Crippen molar-refractivity contribution < 1.29 is 4.39 Å². The number of halogens is 2. The second kappa shape index (κ2) is 8.84. The molecule has 0 aliphatic rings. The van der Waals surface area contributed by atoms with Crippen molar-refractivity contribution in [2.45, 2.75) is 19.5 Å². The molecular formula is C21H22ClFN4. The Hall–Kier alpha value is -2.63. The fraction of sp³-hybridized carbons (Fsp3) is 0.190. The first kappa shape index (κ1) is 19.1. The number of nitrogens with zero attached hydrogens (tertiary/aromatic N) is 2. The van der Waals surface area contributed by atoms with Crippen LogP contribution in [0.5, 0.6) is 0 Å². The van der Waals surface area contributed by atoms with Crippen LogP contribution in [0.2, 0.25) is 0 Å². The van der Waals surface area contributed by atoms with Gasteiger partial charge in [-0.25, -0.2) is 9.37 Å². The van der Waals surface area contributed by atoms with E-state index < -0.39 is 0 Å². The number of aromatic nitrogens is 3. The van der Waals surface area contributed by atoms with Gasteiger partial charge in [0, 0.05) is 42.6 Å². The topological polar surface area (TPSA) is 47.7 Å². The molecule has 0 aliphatic carbocycles. The van der Waals surface area contributed by atoms with Gasteiger partial charge >= 0.3 is 0 Å². The van der Waals surface area contributed by atoms with Crippen molar-refractivity contribution in [3.05, 3.63) is 89.9 Å². The lowest BCUT2D eigenvalue weighted by molar-refractivity contribution is 0.254. The van der Waals surface area contributed by atoms with Crippen molar-refractivity contribution in [3.63, 3.8) is 0 Å². The minimum Gasteiger partial charge on any atom is -0.361 e. The highest BCUT2D eigenvalue weighted by Gasteiger charge is 2.11. The van der Waals surface area contributed by atoms with Gasteiger partial charge in [-0.05, 0) is 35.7 Å². The molecule has 4 aromatic rings. The van der Waals surface area contributed by atoms with E-state index in [0.717, 1.165) is 37.4 Å². The second-order valence-electron chi connectivity index (χ2n) is 6.48. The molecule has 0 unspecified atom stereocenters. The molecule has 6 heteroatoms. The van der Waals surface area contributed by atoms with Crippen molar-refractivity contribution in [1.29, 1.82) is 0 Å². The minimum absolute atomic E-state index is 0. The Morgan fingerprint density at radius 3 is 2.56 bits per heavy atom. The number of H-pyrrole nitrogens is 2. The first-order valence-electron chi connectivity index (χ1n) is 8.78. The number of hydrogen-bond acceptors (Lipinski definition) is 2. The van der Waals surface area contributed by atoms with E-state index in [9.17, 15) is 4.39 Å². The van der Waals surface area contributed by atoms with Crippen LogP contribution in [0.25, 0.3) is 10.9 Å². The summed E-state index contributed by atoms with van der Waals surface area (Å²) in [6.07, 6.45) is 6.63. The van der Waals surface area contributed by atoms with E-state index in [2.05, 4.69) is 44.2 Å². The molecule has 2 heterocycles. The predicted molar refractivity (Wildman–Crippen MR) is 108 cm³/mol. The summed E-state index contributed by atoms with van der Waals surface area (Å²) in [5.74, 6) is 0.733. The molecule has 4 rings (SSSR count). The van der Waals surface area contributed by atoms with Gasteiger partial charge in [0.25, 0.3) is 0 Å². The van der Waals surface area contributed by atoms with E-state index in [1.807, 2.05) is 24.4 Å². The largest absolute Gasteiger partial charge is 0.361 e. The Balaban J connectivity index is 0.00000210. The van der Waals surface area contributed by atoms with Crippen LogP contribution in [0.4, 0.5) is 4.39 Å². The SMILES string of the molecule is Cl.Fc1ccc(CN(CCc2c[nH]c3ccccc23)Cc2ncc[nH]2)cc1. The van der Waals surface area contributed by atoms with Crippen LogP contribution in [-0.2, 0) is 19.5 Å². The molecule has 0 amide bonds. The third-order valence-corrected chi connectivity index (χ3v) is 4.62. The molecule has 0 spiro atoms. The highest BCUT2D eigenvalue weighted by Crippen LogP contribution is 2.19. The zero-order chi connectivity index (χ0) is 17.8. The Bertz CT molecular complexity index is 963. The Kier molecular flexibility index (Phi) is 6.27. The van der Waals surface area contributed by atoms with E-state index in [1.165, 1.54) is 28.6 Å². The predicted octanol–water partition coefficient (Wildman–Crippen LogP) is 4.70. The summed E-state index contributed by atoms with van der Waals surface area (Å²) in [4.78, 5) is 13.2. The molecule has 0 saturated heterocycles. The van der Waals surface area contributed by atoms with E-state index in [1.54, 1.807) is 6.20 Å². The Morgan fingerprint density at radius 2 is 1.78 bits per heavy atom. The molecule has 2 N–H and O–H groups in total. The van der Waals surface area contributed by atoms with Crippen molar-refractivity contribution in [1.82, 2.24) is 19.9 Å². The quantitative estimate of drug-likeness (QED) is 0.485. The van der Waals surface area contributed by atoms with E-state index >= 15 is 0 Å². The van der Waals surface area contributed by atoms with Crippen molar-refractivity contribution in [2.24, 2.45) is 0 Å². The third kappa shape index (κ3) is 4.76. The monoisotopic (exact) mass is 384 g/mol. The average molecular weight is 385 g/mol. The van der Waals surface area contributed by atoms with Crippen LogP contribution >= 0.6 is 12.4 Å². The number of fused-ring (bicyclic) bond motifs is 1. The maximum atomic E-state index is 13.2. The van der Waals surface area contributed by atoms with Gasteiger partial charge in [-0.1, -0.05) is 30.3 Å². The van der Waals surface area contributed by atoms with Gasteiger partial charge in [-0.2, -0.15) is 0 Å². The van der Waals surface area contributed by atoms with Gasteiger partial charge in [-0.3, -0.25) is 4.90 Å². The zero-order valence-corrected chi connectivity index (χ0v) is 15.7. The van der Waals surface area contributed by atoms with Crippen LogP contribution in [0.15, 0.2) is 67.1 Å². The van der Waals surface area contributed by atoms with Crippen molar-refractivity contribution >= 4 is 23.3 Å². The molecule has 0 radical (unpaired) electrons. The highest BCUT2D eigenvalue weighted by atomic mass is 35.5. The summed E-state index contributed by atoms with van der Waals surface area (Å²) >= 11 is 0. The lowest BCUT2D eigenvalue weighted by atomic mass is 10.1. The Labute approximate surface area is 163 Å². The molecule has 0 saturated carbocycles. The van der Waals surface area contributed by atoms with Gasteiger partial charge in [0.2, 0.25) is 0 Å². The summed E-state index contributed by atoms with van der Waals surface area (Å²) in [6, 6.07) is 15.1. The van der Waals surface area contributed by atoms with Gasteiger partial charge in [0.15, 0.2) is 0 Å². The summed E-state index contributed by atoms with van der Waals surface area (Å²) in [5, 5.41) is 1.27. The Morgan fingerprint density at radius 1 is 0.963 bits per heavy atom. The van der Waals surface area contributed by atoms with Crippen LogP contribution in [0, 0.1) is 5.82 Å². The number of hydrogen-bond donors (Lipinski definition) is 2. The fourth-order valence-electron chi connectivity index (χ4n) is 3.28. The molecule has 2 aromatic carbocycles. The number of benzene rings is 2. The maximum absolute atomic E-state index is 13.2. The van der Waals surface area contributed by atoms with Crippen LogP contribution < -0.4 is 0 Å². The van der Waals surface area contributed by atoms with Crippen molar-refractivity contribution in [3.8, 4) is 0 Å². The minimum atomic E-state index is -0.204. The van der Waals surface area contributed by atoms with E-state index in [-0.39, 0.29) is 18.2 Å². The number of para-hydroxylation sites is 1. The normalized spacial score (nSPS) is 11.0. The first-order valence-corrected chi connectivity index (χ1v) is 8.78. The van der Waals surface area contributed by atoms with Crippen LogP contribution in [-0.4, -0.2) is 26.4 Å². The average Bonchev–Trinajstić information content (AvgIpc) is 3.31. The maximum Gasteiger partial charge on any atom is 0.123 e. The lowest BCUT2D eigenvalue weighted by Crippen LogP contribution is -2.26. The third-order valence-electron chi connectivity index (χ3n) is 4.62. The molecule has 0 aliphatic heterocycles. The molecule has 2 aromatic heterocycles. The molecular weight excluding hydrogens is 363 g/mol.